The van der Waals surface area contributed by atoms with Gasteiger partial charge in [0.25, 0.3) is 0 Å². The molecule has 2 heterocycles. The van der Waals surface area contributed by atoms with Crippen molar-refractivity contribution in [2.24, 2.45) is 0 Å². The number of thiophene rings is 1. The first-order valence-electron chi connectivity index (χ1n) is 7.46. The van der Waals surface area contributed by atoms with E-state index in [0.29, 0.717) is 15.4 Å². The van der Waals surface area contributed by atoms with Crippen LogP contribution in [-0.4, -0.2) is 24.0 Å². The second kappa shape index (κ2) is 6.93. The average molecular weight is 419 g/mol. The number of rotatable bonds is 3. The molecule has 1 N–H and O–H groups in total. The summed E-state index contributed by atoms with van der Waals surface area (Å²) < 4.78 is 5.84. The molecular formula is C18H15BrN2O3S. The number of methoxy groups -OCH3 is 1. The van der Waals surface area contributed by atoms with E-state index in [9.17, 15) is 9.59 Å². The SMILES string of the molecule is COC(=O)c1sc2nc(C)cc(-c3ccc(Br)cc3)c2c1NC(C)=O. The number of amides is 1. The van der Waals surface area contributed by atoms with Crippen LogP contribution in [0.1, 0.15) is 22.3 Å². The van der Waals surface area contributed by atoms with Crippen LogP contribution in [0.5, 0.6) is 0 Å². The maximum atomic E-state index is 12.2. The Labute approximate surface area is 157 Å². The Hall–Kier alpha value is -2.25. The number of aromatic nitrogens is 1. The summed E-state index contributed by atoms with van der Waals surface area (Å²) in [4.78, 5) is 29.4. The van der Waals surface area contributed by atoms with E-state index < -0.39 is 5.97 Å². The Kier molecular flexibility index (Phi) is 4.87. The summed E-state index contributed by atoms with van der Waals surface area (Å²) in [6, 6.07) is 9.80. The molecule has 0 aliphatic carbocycles. The van der Waals surface area contributed by atoms with Crippen LogP contribution in [0.15, 0.2) is 34.8 Å². The van der Waals surface area contributed by atoms with Gasteiger partial charge in [-0.15, -0.1) is 11.3 Å². The zero-order valence-corrected chi connectivity index (χ0v) is 16.2. The zero-order valence-electron chi connectivity index (χ0n) is 13.8. The smallest absolute Gasteiger partial charge is 0.350 e. The van der Waals surface area contributed by atoms with E-state index in [1.54, 1.807) is 0 Å². The van der Waals surface area contributed by atoms with Gasteiger partial charge in [-0.3, -0.25) is 4.79 Å². The van der Waals surface area contributed by atoms with Gasteiger partial charge < -0.3 is 10.1 Å². The number of aryl methyl sites for hydroxylation is 1. The lowest BCUT2D eigenvalue weighted by Gasteiger charge is -2.09. The van der Waals surface area contributed by atoms with Gasteiger partial charge in [-0.25, -0.2) is 9.78 Å². The van der Waals surface area contributed by atoms with E-state index in [1.165, 1.54) is 25.4 Å². The molecular weight excluding hydrogens is 404 g/mol. The number of ether oxygens (including phenoxy) is 1. The van der Waals surface area contributed by atoms with Gasteiger partial charge in [-0.05, 0) is 36.2 Å². The number of pyridine rings is 1. The van der Waals surface area contributed by atoms with Gasteiger partial charge in [0.15, 0.2) is 0 Å². The Morgan fingerprint density at radius 2 is 1.92 bits per heavy atom. The second-order valence-electron chi connectivity index (χ2n) is 5.48. The topological polar surface area (TPSA) is 68.3 Å². The number of hydrogen-bond donors (Lipinski definition) is 1. The number of nitrogens with one attached hydrogen (secondary N) is 1. The third kappa shape index (κ3) is 3.43. The minimum absolute atomic E-state index is 0.257. The summed E-state index contributed by atoms with van der Waals surface area (Å²) in [5, 5.41) is 3.52. The van der Waals surface area contributed by atoms with Crippen LogP contribution in [0, 0.1) is 6.92 Å². The molecule has 0 aliphatic rings. The van der Waals surface area contributed by atoms with Crippen LogP contribution in [0.3, 0.4) is 0 Å². The monoisotopic (exact) mass is 418 g/mol. The van der Waals surface area contributed by atoms with Crippen molar-refractivity contribution in [3.05, 3.63) is 45.4 Å². The molecule has 5 nitrogen and oxygen atoms in total. The van der Waals surface area contributed by atoms with E-state index in [1.807, 2.05) is 37.3 Å². The molecule has 0 spiro atoms. The van der Waals surface area contributed by atoms with Gasteiger partial charge in [-0.1, -0.05) is 28.1 Å². The predicted molar refractivity (Wildman–Crippen MR) is 103 cm³/mol. The quantitative estimate of drug-likeness (QED) is 0.621. The highest BCUT2D eigenvalue weighted by Gasteiger charge is 2.23. The normalized spacial score (nSPS) is 10.7. The summed E-state index contributed by atoms with van der Waals surface area (Å²) in [6.07, 6.45) is 0. The van der Waals surface area contributed by atoms with Crippen LogP contribution in [-0.2, 0) is 9.53 Å². The molecule has 1 amide bonds. The third-order valence-electron chi connectivity index (χ3n) is 3.62. The molecule has 1 aromatic carbocycles. The molecule has 0 radical (unpaired) electrons. The Bertz CT molecular complexity index is 980. The van der Waals surface area contributed by atoms with Crippen molar-refractivity contribution in [1.29, 1.82) is 0 Å². The number of halogens is 1. The maximum absolute atomic E-state index is 12.2. The summed E-state index contributed by atoms with van der Waals surface area (Å²) in [6.45, 7) is 3.31. The van der Waals surface area contributed by atoms with Gasteiger partial charge >= 0.3 is 5.97 Å². The molecule has 7 heteroatoms. The van der Waals surface area contributed by atoms with Crippen molar-refractivity contribution in [3.8, 4) is 11.1 Å². The van der Waals surface area contributed by atoms with Crippen LogP contribution in [0.25, 0.3) is 21.3 Å². The Morgan fingerprint density at radius 1 is 1.24 bits per heavy atom. The number of hydrogen-bond acceptors (Lipinski definition) is 5. The maximum Gasteiger partial charge on any atom is 0.350 e. The van der Waals surface area contributed by atoms with E-state index >= 15 is 0 Å². The molecule has 0 aliphatic heterocycles. The summed E-state index contributed by atoms with van der Waals surface area (Å²) in [5.74, 6) is -0.752. The lowest BCUT2D eigenvalue weighted by molar-refractivity contribution is -0.114. The molecule has 3 aromatic rings. The fourth-order valence-electron chi connectivity index (χ4n) is 2.61. The lowest BCUT2D eigenvalue weighted by Crippen LogP contribution is -2.10. The first kappa shape index (κ1) is 17.6. The van der Waals surface area contributed by atoms with Gasteiger partial charge in [0, 0.05) is 22.5 Å². The molecule has 0 fully saturated rings. The number of esters is 1. The predicted octanol–water partition coefficient (Wildman–Crippen LogP) is 4.78. The van der Waals surface area contributed by atoms with Crippen LogP contribution in [0.2, 0.25) is 0 Å². The third-order valence-corrected chi connectivity index (χ3v) is 5.21. The van der Waals surface area contributed by atoms with E-state index in [-0.39, 0.29) is 5.91 Å². The van der Waals surface area contributed by atoms with E-state index in [0.717, 1.165) is 26.7 Å². The first-order chi connectivity index (χ1) is 11.9. The summed E-state index contributed by atoms with van der Waals surface area (Å²) >= 11 is 4.65. The van der Waals surface area contributed by atoms with Gasteiger partial charge in [-0.2, -0.15) is 0 Å². The standard InChI is InChI=1S/C18H15BrN2O3S/c1-9-8-13(11-4-6-12(19)7-5-11)14-15(21-10(2)22)16(18(23)24-3)25-17(14)20-9/h4-8H,1-3H3,(H,21,22). The van der Waals surface area contributed by atoms with Crippen molar-refractivity contribution < 1.29 is 14.3 Å². The van der Waals surface area contributed by atoms with E-state index in [2.05, 4.69) is 26.2 Å². The second-order valence-corrected chi connectivity index (χ2v) is 7.39. The minimum atomic E-state index is -0.494. The van der Waals surface area contributed by atoms with Crippen LogP contribution >= 0.6 is 27.3 Å². The molecule has 2 aromatic heterocycles. The van der Waals surface area contributed by atoms with Gasteiger partial charge in [0.1, 0.15) is 9.71 Å². The number of fused-ring (bicyclic) bond motifs is 1. The molecule has 0 unspecified atom stereocenters. The van der Waals surface area contributed by atoms with Crippen LogP contribution in [0.4, 0.5) is 5.69 Å². The highest BCUT2D eigenvalue weighted by Crippen LogP contribution is 2.41. The van der Waals surface area contributed by atoms with Crippen molar-refractivity contribution >= 4 is 55.0 Å². The highest BCUT2D eigenvalue weighted by atomic mass is 79.9. The average Bonchev–Trinajstić information content (AvgIpc) is 2.91. The van der Waals surface area contributed by atoms with Crippen molar-refractivity contribution in [3.63, 3.8) is 0 Å². The molecule has 0 saturated carbocycles. The zero-order chi connectivity index (χ0) is 18.1. The van der Waals surface area contributed by atoms with Crippen molar-refractivity contribution in [1.82, 2.24) is 4.98 Å². The molecule has 0 atom stereocenters. The number of benzene rings is 1. The lowest BCUT2D eigenvalue weighted by atomic mass is 10.0. The molecule has 0 bridgehead atoms. The number of anilines is 1. The molecule has 3 rings (SSSR count). The van der Waals surface area contributed by atoms with Crippen LogP contribution < -0.4 is 5.32 Å². The molecule has 128 valence electrons. The fraction of sp³-hybridized carbons (Fsp3) is 0.167. The summed E-state index contributed by atoms with van der Waals surface area (Å²) in [7, 11) is 1.32. The molecule has 0 saturated heterocycles. The molecule has 25 heavy (non-hydrogen) atoms. The fourth-order valence-corrected chi connectivity index (χ4v) is 3.99. The Balaban J connectivity index is 2.36. The first-order valence-corrected chi connectivity index (χ1v) is 9.07. The number of carbonyl (C=O) groups is 2. The minimum Gasteiger partial charge on any atom is -0.465 e. The van der Waals surface area contributed by atoms with Gasteiger partial charge in [0.05, 0.1) is 12.8 Å². The number of nitrogens with zero attached hydrogens (tertiary/aromatic N) is 1. The number of carbonyl (C=O) groups excluding carboxylic acids is 2. The largest absolute Gasteiger partial charge is 0.465 e. The Morgan fingerprint density at radius 3 is 2.52 bits per heavy atom. The van der Waals surface area contributed by atoms with E-state index in [4.69, 9.17) is 4.74 Å². The van der Waals surface area contributed by atoms with Crippen molar-refractivity contribution in [2.45, 2.75) is 13.8 Å². The van der Waals surface area contributed by atoms with Crippen molar-refractivity contribution in [2.75, 3.05) is 12.4 Å². The highest BCUT2D eigenvalue weighted by molar-refractivity contribution is 9.10. The summed E-state index contributed by atoms with van der Waals surface area (Å²) in [5.41, 5.74) is 3.16. The van der Waals surface area contributed by atoms with Gasteiger partial charge in [0.2, 0.25) is 5.91 Å².